The van der Waals surface area contributed by atoms with Crippen LogP contribution in [0.1, 0.15) is 13.8 Å². The van der Waals surface area contributed by atoms with E-state index in [2.05, 4.69) is 10.6 Å². The maximum Gasteiger partial charge on any atom is 0.228 e. The van der Waals surface area contributed by atoms with E-state index in [1.807, 2.05) is 6.92 Å². The Labute approximate surface area is 105 Å². The maximum atomic E-state index is 13.0. The number of hydrogen-bond acceptors (Lipinski definition) is 2. The van der Waals surface area contributed by atoms with Gasteiger partial charge in [-0.2, -0.15) is 0 Å². The van der Waals surface area contributed by atoms with Crippen molar-refractivity contribution in [3.8, 4) is 0 Å². The van der Waals surface area contributed by atoms with Gasteiger partial charge in [0, 0.05) is 12.5 Å². The van der Waals surface area contributed by atoms with Crippen LogP contribution in [0, 0.1) is 11.7 Å². The molecule has 1 unspecified atom stereocenters. The fraction of sp³-hybridized carbons (Fsp3) is 0.417. The number of rotatable bonds is 5. The molecule has 2 N–H and O–H groups in total. The molecule has 0 saturated carbocycles. The Morgan fingerprint density at radius 1 is 1.53 bits per heavy atom. The lowest BCUT2D eigenvalue weighted by atomic mass is 10.1. The van der Waals surface area contributed by atoms with Crippen LogP contribution in [0.5, 0.6) is 0 Å². The molecule has 94 valence electrons. The van der Waals surface area contributed by atoms with Gasteiger partial charge in [-0.05, 0) is 24.7 Å². The SMILES string of the molecule is CCNCC(C)C(=O)Nc1cc(F)ccc1Cl. The summed E-state index contributed by atoms with van der Waals surface area (Å²) >= 11 is 5.85. The molecule has 3 nitrogen and oxygen atoms in total. The molecular weight excluding hydrogens is 243 g/mol. The summed E-state index contributed by atoms with van der Waals surface area (Å²) in [4.78, 5) is 11.7. The fourth-order valence-corrected chi connectivity index (χ4v) is 1.47. The summed E-state index contributed by atoms with van der Waals surface area (Å²) < 4.78 is 13.0. The lowest BCUT2D eigenvalue weighted by Crippen LogP contribution is -2.30. The van der Waals surface area contributed by atoms with E-state index in [4.69, 9.17) is 11.6 Å². The molecule has 5 heteroatoms. The molecule has 0 radical (unpaired) electrons. The zero-order valence-electron chi connectivity index (χ0n) is 9.89. The molecule has 1 aromatic carbocycles. The average molecular weight is 259 g/mol. The lowest BCUT2D eigenvalue weighted by Gasteiger charge is -2.13. The minimum atomic E-state index is -0.427. The standard InChI is InChI=1S/C12H16ClFN2O/c1-3-15-7-8(2)12(17)16-11-6-9(14)4-5-10(11)13/h4-6,8,15H,3,7H2,1-2H3,(H,16,17). The summed E-state index contributed by atoms with van der Waals surface area (Å²) in [6.45, 7) is 5.15. The van der Waals surface area contributed by atoms with Gasteiger partial charge in [0.2, 0.25) is 5.91 Å². The van der Waals surface area contributed by atoms with Crippen LogP contribution in [-0.4, -0.2) is 19.0 Å². The van der Waals surface area contributed by atoms with Crippen LogP contribution >= 0.6 is 11.6 Å². The summed E-state index contributed by atoms with van der Waals surface area (Å²) in [6.07, 6.45) is 0. The van der Waals surface area contributed by atoms with Gasteiger partial charge in [-0.15, -0.1) is 0 Å². The normalized spacial score (nSPS) is 12.2. The van der Waals surface area contributed by atoms with Gasteiger partial charge in [0.1, 0.15) is 5.82 Å². The van der Waals surface area contributed by atoms with Crippen LogP contribution in [0.2, 0.25) is 5.02 Å². The number of carbonyl (C=O) groups is 1. The van der Waals surface area contributed by atoms with E-state index in [0.717, 1.165) is 6.54 Å². The van der Waals surface area contributed by atoms with Gasteiger partial charge in [0.05, 0.1) is 10.7 Å². The summed E-state index contributed by atoms with van der Waals surface area (Å²) in [7, 11) is 0. The third-order valence-electron chi connectivity index (χ3n) is 2.33. The van der Waals surface area contributed by atoms with Crippen LogP contribution in [-0.2, 0) is 4.79 Å². The van der Waals surface area contributed by atoms with E-state index < -0.39 is 5.82 Å². The third-order valence-corrected chi connectivity index (χ3v) is 2.66. The van der Waals surface area contributed by atoms with Gasteiger partial charge in [-0.25, -0.2) is 4.39 Å². The molecule has 0 spiro atoms. The minimum Gasteiger partial charge on any atom is -0.324 e. The van der Waals surface area contributed by atoms with Crippen molar-refractivity contribution in [2.24, 2.45) is 5.92 Å². The van der Waals surface area contributed by atoms with E-state index >= 15 is 0 Å². The van der Waals surface area contributed by atoms with Gasteiger partial charge in [0.25, 0.3) is 0 Å². The third kappa shape index (κ3) is 4.32. The second-order valence-electron chi connectivity index (χ2n) is 3.82. The molecule has 0 saturated heterocycles. The smallest absolute Gasteiger partial charge is 0.228 e. The van der Waals surface area contributed by atoms with Crippen molar-refractivity contribution in [2.45, 2.75) is 13.8 Å². The largest absolute Gasteiger partial charge is 0.324 e. The number of halogens is 2. The molecule has 1 atom stereocenters. The van der Waals surface area contributed by atoms with Gasteiger partial charge < -0.3 is 10.6 Å². The molecule has 0 aliphatic rings. The summed E-state index contributed by atoms with van der Waals surface area (Å²) in [6, 6.07) is 3.88. The van der Waals surface area contributed by atoms with Crippen LogP contribution in [0.4, 0.5) is 10.1 Å². The van der Waals surface area contributed by atoms with Crippen LogP contribution in [0.3, 0.4) is 0 Å². The molecule has 0 heterocycles. The predicted octanol–water partition coefficient (Wildman–Crippen LogP) is 2.66. The van der Waals surface area contributed by atoms with Gasteiger partial charge in [0.15, 0.2) is 0 Å². The molecule has 1 aromatic rings. The molecule has 0 fully saturated rings. The molecule has 0 aliphatic carbocycles. The molecule has 1 rings (SSSR count). The molecule has 0 bridgehead atoms. The lowest BCUT2D eigenvalue weighted by molar-refractivity contribution is -0.119. The van der Waals surface area contributed by atoms with Gasteiger partial charge in [-0.1, -0.05) is 25.4 Å². The summed E-state index contributed by atoms with van der Waals surface area (Å²) in [5.41, 5.74) is 0.306. The molecule has 0 aromatic heterocycles. The average Bonchev–Trinajstić information content (AvgIpc) is 2.30. The topological polar surface area (TPSA) is 41.1 Å². The van der Waals surface area contributed by atoms with Gasteiger partial charge >= 0.3 is 0 Å². The highest BCUT2D eigenvalue weighted by Crippen LogP contribution is 2.22. The van der Waals surface area contributed by atoms with E-state index in [1.165, 1.54) is 18.2 Å². The summed E-state index contributed by atoms with van der Waals surface area (Å²) in [5.74, 6) is -0.809. The second-order valence-corrected chi connectivity index (χ2v) is 4.23. The van der Waals surface area contributed by atoms with Crippen molar-refractivity contribution in [1.82, 2.24) is 5.32 Å². The minimum absolute atomic E-state index is 0.182. The van der Waals surface area contributed by atoms with Crippen molar-refractivity contribution in [3.63, 3.8) is 0 Å². The van der Waals surface area contributed by atoms with Crippen molar-refractivity contribution >= 4 is 23.2 Å². The fourth-order valence-electron chi connectivity index (χ4n) is 1.30. The predicted molar refractivity (Wildman–Crippen MR) is 67.7 cm³/mol. The number of nitrogens with one attached hydrogen (secondary N) is 2. The Bertz CT molecular complexity index is 398. The first-order chi connectivity index (χ1) is 8.04. The Morgan fingerprint density at radius 2 is 2.24 bits per heavy atom. The molecule has 17 heavy (non-hydrogen) atoms. The number of benzene rings is 1. The highest BCUT2D eigenvalue weighted by molar-refractivity contribution is 6.33. The highest BCUT2D eigenvalue weighted by Gasteiger charge is 2.14. The van der Waals surface area contributed by atoms with Crippen molar-refractivity contribution in [2.75, 3.05) is 18.4 Å². The number of anilines is 1. The van der Waals surface area contributed by atoms with Crippen LogP contribution in [0.25, 0.3) is 0 Å². The molecule has 0 aliphatic heterocycles. The number of hydrogen-bond donors (Lipinski definition) is 2. The number of amides is 1. The first-order valence-electron chi connectivity index (χ1n) is 5.51. The van der Waals surface area contributed by atoms with Crippen LogP contribution in [0.15, 0.2) is 18.2 Å². The number of carbonyl (C=O) groups excluding carboxylic acids is 1. The summed E-state index contributed by atoms with van der Waals surface area (Å²) in [5, 5.41) is 6.01. The van der Waals surface area contributed by atoms with Crippen molar-refractivity contribution < 1.29 is 9.18 Å². The Balaban J connectivity index is 2.64. The van der Waals surface area contributed by atoms with E-state index in [9.17, 15) is 9.18 Å². The first kappa shape index (κ1) is 13.9. The van der Waals surface area contributed by atoms with Crippen LogP contribution < -0.4 is 10.6 Å². The maximum absolute atomic E-state index is 13.0. The van der Waals surface area contributed by atoms with Gasteiger partial charge in [-0.3, -0.25) is 4.79 Å². The zero-order chi connectivity index (χ0) is 12.8. The van der Waals surface area contributed by atoms with Crippen molar-refractivity contribution in [1.29, 1.82) is 0 Å². The van der Waals surface area contributed by atoms with E-state index in [0.29, 0.717) is 17.3 Å². The second kappa shape index (κ2) is 6.57. The Kier molecular flexibility index (Phi) is 5.38. The quantitative estimate of drug-likeness (QED) is 0.853. The highest BCUT2D eigenvalue weighted by atomic mass is 35.5. The van der Waals surface area contributed by atoms with E-state index in [-0.39, 0.29) is 11.8 Å². The Morgan fingerprint density at radius 3 is 2.88 bits per heavy atom. The molecule has 1 amide bonds. The zero-order valence-corrected chi connectivity index (χ0v) is 10.6. The monoisotopic (exact) mass is 258 g/mol. The van der Waals surface area contributed by atoms with E-state index in [1.54, 1.807) is 6.92 Å². The Hall–Kier alpha value is -1.13. The van der Waals surface area contributed by atoms with Crippen molar-refractivity contribution in [3.05, 3.63) is 29.0 Å². The first-order valence-corrected chi connectivity index (χ1v) is 5.89. The molecular formula is C12H16ClFN2O.